The second-order valence-corrected chi connectivity index (χ2v) is 6.50. The first-order valence-corrected chi connectivity index (χ1v) is 8.18. The lowest BCUT2D eigenvalue weighted by atomic mass is 10.1. The second-order valence-electron chi connectivity index (χ2n) is 4.42. The van der Waals surface area contributed by atoms with E-state index in [1.165, 1.54) is 6.07 Å². The molecule has 2 aromatic carbocycles. The molecule has 0 N–H and O–H groups in total. The van der Waals surface area contributed by atoms with Crippen molar-refractivity contribution in [2.24, 2.45) is 0 Å². The van der Waals surface area contributed by atoms with Crippen molar-refractivity contribution in [3.63, 3.8) is 0 Å². The molecule has 118 valence electrons. The van der Waals surface area contributed by atoms with Crippen molar-refractivity contribution in [2.75, 3.05) is 0 Å². The van der Waals surface area contributed by atoms with Crippen LogP contribution in [0.5, 0.6) is 5.75 Å². The molecule has 0 atom stereocenters. The zero-order valence-corrected chi connectivity index (χ0v) is 15.2. The Morgan fingerprint density at radius 1 is 1.17 bits per heavy atom. The maximum atomic E-state index is 11.3. The minimum atomic E-state index is -0.486. The standard InChI is InChI=1S/C9H5BrO3.C6H4INO2/c10-5-1-2-8-6(3-5)7(11)4-9(12)13-8;7-5-3-1-2-4-6(5)8(9)10/h1-3H,4H2;1-4H. The van der Waals surface area contributed by atoms with Crippen LogP contribution in [-0.2, 0) is 4.79 Å². The van der Waals surface area contributed by atoms with Gasteiger partial charge >= 0.3 is 5.97 Å². The summed E-state index contributed by atoms with van der Waals surface area (Å²) in [6.07, 6.45) is -0.163. The molecule has 0 saturated carbocycles. The number of ether oxygens (including phenoxy) is 1. The largest absolute Gasteiger partial charge is 0.425 e. The summed E-state index contributed by atoms with van der Waals surface area (Å²) in [7, 11) is 0. The molecule has 8 heteroatoms. The van der Waals surface area contributed by atoms with Crippen LogP contribution in [0.15, 0.2) is 46.9 Å². The van der Waals surface area contributed by atoms with Gasteiger partial charge < -0.3 is 4.74 Å². The van der Waals surface area contributed by atoms with Crippen molar-refractivity contribution in [1.29, 1.82) is 0 Å². The molecule has 1 heterocycles. The van der Waals surface area contributed by atoms with Crippen molar-refractivity contribution in [1.82, 2.24) is 0 Å². The van der Waals surface area contributed by atoms with Gasteiger partial charge in [-0.15, -0.1) is 0 Å². The number of para-hydroxylation sites is 1. The fourth-order valence-electron chi connectivity index (χ4n) is 1.79. The number of nitro groups is 1. The van der Waals surface area contributed by atoms with E-state index in [2.05, 4.69) is 15.9 Å². The second kappa shape index (κ2) is 7.64. The third kappa shape index (κ3) is 4.58. The van der Waals surface area contributed by atoms with Crippen LogP contribution < -0.4 is 4.74 Å². The normalized spacial score (nSPS) is 12.6. The Hall–Kier alpha value is -1.81. The van der Waals surface area contributed by atoms with Crippen molar-refractivity contribution in [3.8, 4) is 5.75 Å². The third-order valence-corrected chi connectivity index (χ3v) is 4.23. The van der Waals surface area contributed by atoms with E-state index in [0.717, 1.165) is 4.47 Å². The van der Waals surface area contributed by atoms with Gasteiger partial charge in [0, 0.05) is 10.5 Å². The lowest BCUT2D eigenvalue weighted by Gasteiger charge is -2.13. The Morgan fingerprint density at radius 2 is 1.87 bits per heavy atom. The van der Waals surface area contributed by atoms with Crippen molar-refractivity contribution in [3.05, 3.63) is 66.2 Å². The summed E-state index contributed by atoms with van der Waals surface area (Å²) in [6, 6.07) is 11.6. The lowest BCUT2D eigenvalue weighted by molar-refractivity contribution is -0.385. The molecule has 0 radical (unpaired) electrons. The highest BCUT2D eigenvalue weighted by atomic mass is 127. The molecule has 0 fully saturated rings. The van der Waals surface area contributed by atoms with Gasteiger partial charge in [-0.25, -0.2) is 0 Å². The quantitative estimate of drug-likeness (QED) is 0.150. The monoisotopic (exact) mass is 489 g/mol. The predicted molar refractivity (Wildman–Crippen MR) is 94.5 cm³/mol. The number of hydrogen-bond donors (Lipinski definition) is 0. The van der Waals surface area contributed by atoms with E-state index in [4.69, 9.17) is 4.74 Å². The van der Waals surface area contributed by atoms with Crippen LogP contribution in [-0.4, -0.2) is 16.7 Å². The SMILES string of the molecule is O=C1CC(=O)c2cc(Br)ccc2O1.O=[N+]([O-])c1ccccc1I. The maximum absolute atomic E-state index is 11.3. The Morgan fingerprint density at radius 3 is 2.48 bits per heavy atom. The molecule has 1 aliphatic heterocycles. The highest BCUT2D eigenvalue weighted by Gasteiger charge is 2.24. The van der Waals surface area contributed by atoms with Gasteiger partial charge in [0.05, 0.1) is 14.1 Å². The molecule has 0 spiro atoms. The fourth-order valence-corrected chi connectivity index (χ4v) is 2.74. The number of rotatable bonds is 1. The van der Waals surface area contributed by atoms with Gasteiger partial charge in [0.25, 0.3) is 5.69 Å². The van der Waals surface area contributed by atoms with Crippen LogP contribution in [0.2, 0.25) is 0 Å². The van der Waals surface area contributed by atoms with Crippen LogP contribution in [0.1, 0.15) is 16.8 Å². The van der Waals surface area contributed by atoms with Gasteiger partial charge in [0.15, 0.2) is 5.78 Å². The number of nitrogens with zero attached hydrogens (tertiary/aromatic N) is 1. The number of esters is 1. The molecule has 6 nitrogen and oxygen atoms in total. The summed E-state index contributed by atoms with van der Waals surface area (Å²) in [5.41, 5.74) is 0.636. The van der Waals surface area contributed by atoms with Crippen molar-refractivity contribution in [2.45, 2.75) is 6.42 Å². The zero-order valence-electron chi connectivity index (χ0n) is 11.5. The van der Waals surface area contributed by atoms with Crippen LogP contribution >= 0.6 is 38.5 Å². The molecule has 0 aliphatic carbocycles. The Labute approximate surface area is 153 Å². The number of fused-ring (bicyclic) bond motifs is 1. The highest BCUT2D eigenvalue weighted by Crippen LogP contribution is 2.27. The number of carbonyl (C=O) groups is 2. The van der Waals surface area contributed by atoms with Crippen LogP contribution in [0.25, 0.3) is 0 Å². The summed E-state index contributed by atoms with van der Waals surface area (Å²) in [6.45, 7) is 0. The topological polar surface area (TPSA) is 86.5 Å². The Kier molecular flexibility index (Phi) is 5.83. The summed E-state index contributed by atoms with van der Waals surface area (Å²) in [5, 5.41) is 10.2. The van der Waals surface area contributed by atoms with E-state index in [1.807, 2.05) is 22.6 Å². The van der Waals surface area contributed by atoms with E-state index in [-0.39, 0.29) is 22.8 Å². The van der Waals surface area contributed by atoms with Gasteiger partial charge in [-0.1, -0.05) is 28.1 Å². The van der Waals surface area contributed by atoms with Gasteiger partial charge in [-0.2, -0.15) is 0 Å². The number of halogens is 2. The summed E-state index contributed by atoms with van der Waals surface area (Å²) >= 11 is 5.17. The molecule has 0 unspecified atom stereocenters. The molecular formula is C15H9BrINO5. The zero-order chi connectivity index (χ0) is 17.0. The molecule has 2 aromatic rings. The lowest BCUT2D eigenvalue weighted by Crippen LogP contribution is -2.21. The molecule has 0 saturated heterocycles. The van der Waals surface area contributed by atoms with Crippen LogP contribution in [0, 0.1) is 13.7 Å². The average Bonchev–Trinajstić information content (AvgIpc) is 2.49. The van der Waals surface area contributed by atoms with Crippen LogP contribution in [0.4, 0.5) is 5.69 Å². The predicted octanol–water partition coefficient (Wildman–Crippen LogP) is 4.14. The van der Waals surface area contributed by atoms with Crippen molar-refractivity contribution >= 4 is 56.0 Å². The molecule has 0 amide bonds. The average molecular weight is 490 g/mol. The third-order valence-electron chi connectivity index (χ3n) is 2.82. The molecule has 0 bridgehead atoms. The molecule has 0 aromatic heterocycles. The number of Topliss-reactive ketones (excluding diaryl/α,β-unsaturated/α-hetero) is 1. The summed E-state index contributed by atoms with van der Waals surface area (Å²) in [5.74, 6) is -0.322. The molecular weight excluding hydrogens is 481 g/mol. The maximum Gasteiger partial charge on any atom is 0.319 e. The summed E-state index contributed by atoms with van der Waals surface area (Å²) < 4.78 is 6.35. The van der Waals surface area contributed by atoms with E-state index >= 15 is 0 Å². The fraction of sp³-hybridized carbons (Fsp3) is 0.0667. The smallest absolute Gasteiger partial charge is 0.319 e. The number of nitro benzene ring substituents is 1. The van der Waals surface area contributed by atoms with E-state index in [0.29, 0.717) is 14.9 Å². The van der Waals surface area contributed by atoms with Gasteiger partial charge in [-0.05, 0) is 46.9 Å². The van der Waals surface area contributed by atoms with Crippen molar-refractivity contribution < 1.29 is 19.2 Å². The van der Waals surface area contributed by atoms with E-state index in [1.54, 1.807) is 36.4 Å². The first-order valence-electron chi connectivity index (χ1n) is 6.31. The number of ketones is 1. The number of hydrogen-bond acceptors (Lipinski definition) is 5. The van der Waals surface area contributed by atoms with E-state index < -0.39 is 5.97 Å². The highest BCUT2D eigenvalue weighted by molar-refractivity contribution is 14.1. The first-order chi connectivity index (χ1) is 10.9. The summed E-state index contributed by atoms with van der Waals surface area (Å²) in [4.78, 5) is 32.0. The molecule has 23 heavy (non-hydrogen) atoms. The number of carbonyl (C=O) groups excluding carboxylic acids is 2. The Balaban J connectivity index is 0.000000174. The minimum absolute atomic E-state index is 0.163. The first kappa shape index (κ1) is 17.5. The number of benzene rings is 2. The van der Waals surface area contributed by atoms with Crippen LogP contribution in [0.3, 0.4) is 0 Å². The minimum Gasteiger partial charge on any atom is -0.425 e. The molecule has 3 rings (SSSR count). The van der Waals surface area contributed by atoms with Gasteiger partial charge in [0.2, 0.25) is 0 Å². The van der Waals surface area contributed by atoms with Gasteiger partial charge in [-0.3, -0.25) is 19.7 Å². The molecule has 1 aliphatic rings. The Bertz CT molecular complexity index is 793. The van der Waals surface area contributed by atoms with E-state index in [9.17, 15) is 19.7 Å². The van der Waals surface area contributed by atoms with Gasteiger partial charge in [0.1, 0.15) is 12.2 Å².